The minimum Gasteiger partial charge on any atom is -0.388 e. The summed E-state index contributed by atoms with van der Waals surface area (Å²) in [4.78, 5) is 0. The molecule has 1 N–H and O–H groups in total. The van der Waals surface area contributed by atoms with Gasteiger partial charge in [-0.15, -0.1) is 0 Å². The van der Waals surface area contributed by atoms with Crippen molar-refractivity contribution in [1.29, 1.82) is 0 Å². The molecule has 0 aliphatic heterocycles. The maximum Gasteiger partial charge on any atom is 0.0337 e. The fourth-order valence-corrected chi connectivity index (χ4v) is 0.605. The van der Waals surface area contributed by atoms with Crippen LogP contribution in [0.15, 0.2) is 30.3 Å². The van der Waals surface area contributed by atoms with Crippen LogP contribution in [0.25, 0.3) is 0 Å². The first-order chi connectivity index (χ1) is 3.93. The Kier molecular flexibility index (Phi) is 4.70. The van der Waals surface area contributed by atoms with Crippen molar-refractivity contribution < 1.29 is 0 Å². The Hall–Kier alpha value is -0.0969. The van der Waals surface area contributed by atoms with E-state index in [0.29, 0.717) is 0 Å². The number of anilines is 1. The molecule has 0 saturated carbocycles. The van der Waals surface area contributed by atoms with Gasteiger partial charge >= 0.3 is 0 Å². The predicted octanol–water partition coefficient (Wildman–Crippen LogP) is 1.35. The molecule has 0 atom stereocenters. The summed E-state index contributed by atoms with van der Waals surface area (Å²) in [6, 6.07) is 10.1. The zero-order chi connectivity index (χ0) is 5.82. The number of nitrogens with one attached hydrogen (secondary N) is 1. The van der Waals surface area contributed by atoms with E-state index in [1.54, 1.807) is 0 Å². The molecule has 1 aromatic rings. The van der Waals surface area contributed by atoms with Crippen molar-refractivity contribution in [2.24, 2.45) is 0 Å². The first-order valence-corrected chi connectivity index (χ1v) is 2.66. The van der Waals surface area contributed by atoms with Gasteiger partial charge in [0.2, 0.25) is 0 Å². The summed E-state index contributed by atoms with van der Waals surface area (Å²) in [6.45, 7) is 0. The second kappa shape index (κ2) is 4.75. The van der Waals surface area contributed by atoms with Gasteiger partial charge in [-0.05, 0) is 12.1 Å². The largest absolute Gasteiger partial charge is 0.388 e. The molecule has 0 fully saturated rings. The Balaban J connectivity index is 0.000000640. The van der Waals surface area contributed by atoms with E-state index in [4.69, 9.17) is 0 Å². The normalized spacial score (nSPS) is 7.67. The molecule has 0 heterocycles. The van der Waals surface area contributed by atoms with Gasteiger partial charge in [-0.3, -0.25) is 0 Å². The average molecular weight is 316 g/mol. The van der Waals surface area contributed by atoms with Crippen molar-refractivity contribution in [2.45, 2.75) is 0 Å². The number of para-hydroxylation sites is 1. The maximum absolute atomic E-state index is 3.03. The van der Waals surface area contributed by atoms with Gasteiger partial charge in [0.25, 0.3) is 0 Å². The van der Waals surface area contributed by atoms with Crippen LogP contribution in [0.3, 0.4) is 0 Å². The average Bonchev–Trinajstić information content (AvgIpc) is 1.90. The number of hydrogen-bond donors (Lipinski definition) is 1. The van der Waals surface area contributed by atoms with Crippen LogP contribution in [0, 0.1) is 0 Å². The van der Waals surface area contributed by atoms with Crippen LogP contribution in [0.5, 0.6) is 0 Å². The smallest absolute Gasteiger partial charge is 0.0337 e. The number of hydrogen-bond acceptors (Lipinski definition) is 1. The minimum atomic E-state index is 0. The van der Waals surface area contributed by atoms with Crippen molar-refractivity contribution in [3.8, 4) is 0 Å². The molecule has 0 aromatic heterocycles. The van der Waals surface area contributed by atoms with E-state index in [9.17, 15) is 0 Å². The Bertz CT molecular complexity index is 150. The van der Waals surface area contributed by atoms with E-state index < -0.39 is 0 Å². The van der Waals surface area contributed by atoms with E-state index in [1.165, 1.54) is 0 Å². The SMILES string of the molecule is CNc1ccccc1.[Bi]. The van der Waals surface area contributed by atoms with Crippen molar-refractivity contribution >= 4 is 31.9 Å². The third kappa shape index (κ3) is 2.81. The summed E-state index contributed by atoms with van der Waals surface area (Å²) < 4.78 is 0. The summed E-state index contributed by atoms with van der Waals surface area (Å²) in [5.41, 5.74) is 1.16. The fourth-order valence-electron chi connectivity index (χ4n) is 0.605. The van der Waals surface area contributed by atoms with Crippen molar-refractivity contribution in [3.63, 3.8) is 0 Å². The fraction of sp³-hybridized carbons (Fsp3) is 0.143. The van der Waals surface area contributed by atoms with E-state index in [1.807, 2.05) is 37.4 Å². The van der Waals surface area contributed by atoms with Crippen LogP contribution in [0.1, 0.15) is 0 Å². The quantitative estimate of drug-likeness (QED) is 0.771. The monoisotopic (exact) mass is 316 g/mol. The summed E-state index contributed by atoms with van der Waals surface area (Å²) >= 11 is 0. The molecule has 1 rings (SSSR count). The van der Waals surface area contributed by atoms with Crippen LogP contribution >= 0.6 is 0 Å². The van der Waals surface area contributed by atoms with Crippen LogP contribution in [-0.2, 0) is 0 Å². The van der Waals surface area contributed by atoms with Crippen LogP contribution in [0.2, 0.25) is 0 Å². The zero-order valence-electron chi connectivity index (χ0n) is 5.33. The van der Waals surface area contributed by atoms with Gasteiger partial charge in [0.1, 0.15) is 0 Å². The molecule has 1 nitrogen and oxygen atoms in total. The predicted molar refractivity (Wildman–Crippen MR) is 41.7 cm³/mol. The Labute approximate surface area is 74.6 Å². The summed E-state index contributed by atoms with van der Waals surface area (Å²) in [5, 5.41) is 3.03. The van der Waals surface area contributed by atoms with Gasteiger partial charge in [-0.25, -0.2) is 0 Å². The van der Waals surface area contributed by atoms with E-state index >= 15 is 0 Å². The minimum absolute atomic E-state index is 0. The van der Waals surface area contributed by atoms with Gasteiger partial charge in [0.15, 0.2) is 0 Å². The molecule has 9 heavy (non-hydrogen) atoms. The molecule has 0 amide bonds. The molecular weight excluding hydrogens is 307 g/mol. The van der Waals surface area contributed by atoms with Crippen LogP contribution in [0.4, 0.5) is 5.69 Å². The van der Waals surface area contributed by atoms with E-state index in [2.05, 4.69) is 5.32 Å². The maximum atomic E-state index is 3.03. The third-order valence-corrected chi connectivity index (χ3v) is 1.06. The third-order valence-electron chi connectivity index (χ3n) is 1.06. The Morgan fingerprint density at radius 1 is 1.11 bits per heavy atom. The summed E-state index contributed by atoms with van der Waals surface area (Å²) in [7, 11) is 1.91. The van der Waals surface area contributed by atoms with Crippen LogP contribution in [-0.4, -0.2) is 33.3 Å². The Morgan fingerprint density at radius 3 is 2.00 bits per heavy atom. The molecule has 3 radical (unpaired) electrons. The summed E-state index contributed by atoms with van der Waals surface area (Å²) in [5.74, 6) is 0. The molecule has 0 bridgehead atoms. The van der Waals surface area contributed by atoms with Gasteiger partial charge in [-0.1, -0.05) is 18.2 Å². The molecule has 0 spiro atoms. The molecule has 47 valence electrons. The summed E-state index contributed by atoms with van der Waals surface area (Å²) in [6.07, 6.45) is 0. The second-order valence-electron chi connectivity index (χ2n) is 1.62. The molecule has 0 unspecified atom stereocenters. The topological polar surface area (TPSA) is 12.0 Å². The van der Waals surface area contributed by atoms with Crippen molar-refractivity contribution in [1.82, 2.24) is 0 Å². The van der Waals surface area contributed by atoms with Gasteiger partial charge in [0, 0.05) is 38.9 Å². The van der Waals surface area contributed by atoms with E-state index in [-0.39, 0.29) is 26.2 Å². The van der Waals surface area contributed by atoms with Crippen LogP contribution < -0.4 is 5.32 Å². The van der Waals surface area contributed by atoms with E-state index in [0.717, 1.165) is 5.69 Å². The first-order valence-electron chi connectivity index (χ1n) is 2.66. The van der Waals surface area contributed by atoms with Crippen molar-refractivity contribution in [2.75, 3.05) is 12.4 Å². The molecule has 0 aliphatic rings. The standard InChI is InChI=1S/C7H9N.Bi/c1-8-7-5-3-2-4-6-7;/h2-6,8H,1H3;. The zero-order valence-corrected chi connectivity index (χ0v) is 8.81. The molecule has 1 aromatic carbocycles. The van der Waals surface area contributed by atoms with Gasteiger partial charge in [0.05, 0.1) is 0 Å². The van der Waals surface area contributed by atoms with Gasteiger partial charge in [-0.2, -0.15) is 0 Å². The second-order valence-corrected chi connectivity index (χ2v) is 1.62. The Morgan fingerprint density at radius 2 is 1.67 bits per heavy atom. The first kappa shape index (κ1) is 8.90. The molecular formula is C7H9BiN. The molecule has 0 aliphatic carbocycles. The number of rotatable bonds is 1. The van der Waals surface area contributed by atoms with Gasteiger partial charge < -0.3 is 5.32 Å². The number of benzene rings is 1. The molecule has 2 heteroatoms. The molecule has 0 saturated heterocycles. The van der Waals surface area contributed by atoms with Crippen molar-refractivity contribution in [3.05, 3.63) is 30.3 Å².